The monoisotopic (exact) mass is 328 g/mol. The van der Waals surface area contributed by atoms with Crippen LogP contribution in [0.15, 0.2) is 30.1 Å². The summed E-state index contributed by atoms with van der Waals surface area (Å²) >= 11 is 0. The minimum absolute atomic E-state index is 0.216. The van der Waals surface area contributed by atoms with Gasteiger partial charge in [-0.15, -0.1) is 0 Å². The van der Waals surface area contributed by atoms with E-state index in [-0.39, 0.29) is 11.3 Å². The molecular weight excluding hydrogens is 304 g/mol. The molecule has 0 saturated carbocycles. The van der Waals surface area contributed by atoms with E-state index in [0.29, 0.717) is 31.6 Å². The van der Waals surface area contributed by atoms with Gasteiger partial charge >= 0.3 is 0 Å². The molecule has 1 amide bonds. The van der Waals surface area contributed by atoms with Crippen molar-refractivity contribution in [1.29, 1.82) is 0 Å². The van der Waals surface area contributed by atoms with Gasteiger partial charge in [0.25, 0.3) is 0 Å². The molecule has 0 bridgehead atoms. The molecule has 24 heavy (non-hydrogen) atoms. The van der Waals surface area contributed by atoms with Crippen molar-refractivity contribution in [2.45, 2.75) is 19.8 Å². The van der Waals surface area contributed by atoms with E-state index in [1.807, 2.05) is 11.0 Å². The summed E-state index contributed by atoms with van der Waals surface area (Å²) < 4.78 is 5.70. The first kappa shape index (κ1) is 15.6. The zero-order valence-corrected chi connectivity index (χ0v) is 14.1. The van der Waals surface area contributed by atoms with E-state index in [1.165, 1.54) is 5.57 Å². The molecule has 0 N–H and O–H groups in total. The lowest BCUT2D eigenvalue weighted by atomic mass is 9.73. The normalized spacial score (nSPS) is 30.0. The van der Waals surface area contributed by atoms with Crippen LogP contribution >= 0.6 is 0 Å². The zero-order chi connectivity index (χ0) is 16.6. The third kappa shape index (κ3) is 2.59. The fourth-order valence-electron chi connectivity index (χ4n) is 4.31. The van der Waals surface area contributed by atoms with Crippen molar-refractivity contribution in [1.82, 2.24) is 14.9 Å². The van der Waals surface area contributed by atoms with E-state index >= 15 is 0 Å². The van der Waals surface area contributed by atoms with Crippen molar-refractivity contribution in [3.63, 3.8) is 0 Å². The molecule has 0 spiro atoms. The summed E-state index contributed by atoms with van der Waals surface area (Å²) in [7, 11) is 0. The van der Waals surface area contributed by atoms with Crippen LogP contribution in [0.2, 0.25) is 0 Å². The minimum Gasteiger partial charge on any atom is -0.381 e. The number of aromatic nitrogens is 2. The SMILES string of the molecule is CC1=CCCN(C(=O)C23CCOCC2CN(c2ncccn2)C3)C1. The molecule has 2 saturated heterocycles. The standard InChI is InChI=1S/C18H24N4O2/c1-14-4-2-8-21(10-14)16(23)18-5-9-24-12-15(18)11-22(13-18)17-19-6-3-7-20-17/h3-4,6-7,15H,2,5,8-13H2,1H3. The van der Waals surface area contributed by atoms with Gasteiger partial charge in [-0.3, -0.25) is 4.79 Å². The van der Waals surface area contributed by atoms with E-state index in [9.17, 15) is 4.79 Å². The summed E-state index contributed by atoms with van der Waals surface area (Å²) in [5.74, 6) is 1.23. The smallest absolute Gasteiger partial charge is 0.231 e. The first-order valence-corrected chi connectivity index (χ1v) is 8.74. The van der Waals surface area contributed by atoms with Gasteiger partial charge in [0.05, 0.1) is 12.0 Å². The molecule has 2 fully saturated rings. The molecule has 2 unspecified atom stereocenters. The second-order valence-corrected chi connectivity index (χ2v) is 7.17. The largest absolute Gasteiger partial charge is 0.381 e. The quantitative estimate of drug-likeness (QED) is 0.770. The maximum Gasteiger partial charge on any atom is 0.231 e. The van der Waals surface area contributed by atoms with Crippen LogP contribution in [-0.4, -0.2) is 60.2 Å². The molecule has 0 aliphatic carbocycles. The highest BCUT2D eigenvalue weighted by atomic mass is 16.5. The van der Waals surface area contributed by atoms with Crippen LogP contribution in [0.1, 0.15) is 19.8 Å². The van der Waals surface area contributed by atoms with Crippen molar-refractivity contribution in [3.05, 3.63) is 30.1 Å². The van der Waals surface area contributed by atoms with Gasteiger partial charge in [0, 0.05) is 51.1 Å². The first-order valence-electron chi connectivity index (χ1n) is 8.74. The highest BCUT2D eigenvalue weighted by Gasteiger charge is 2.55. The molecule has 4 rings (SSSR count). The lowest BCUT2D eigenvalue weighted by Crippen LogP contribution is -2.53. The van der Waals surface area contributed by atoms with Gasteiger partial charge in [-0.25, -0.2) is 9.97 Å². The van der Waals surface area contributed by atoms with Crippen molar-refractivity contribution in [2.75, 3.05) is 44.3 Å². The number of nitrogens with zero attached hydrogens (tertiary/aromatic N) is 4. The third-order valence-corrected chi connectivity index (χ3v) is 5.59. The topological polar surface area (TPSA) is 58.6 Å². The second kappa shape index (κ2) is 6.16. The molecule has 0 aromatic carbocycles. The highest BCUT2D eigenvalue weighted by Crippen LogP contribution is 2.44. The number of anilines is 1. The molecule has 3 aliphatic rings. The average Bonchev–Trinajstić information content (AvgIpc) is 3.03. The first-order chi connectivity index (χ1) is 11.7. The van der Waals surface area contributed by atoms with Gasteiger partial charge in [-0.2, -0.15) is 0 Å². The summed E-state index contributed by atoms with van der Waals surface area (Å²) in [6.45, 7) is 6.49. The third-order valence-electron chi connectivity index (χ3n) is 5.59. The number of amides is 1. The highest BCUT2D eigenvalue weighted by molar-refractivity contribution is 5.85. The molecule has 1 aromatic heterocycles. The van der Waals surface area contributed by atoms with Crippen molar-refractivity contribution in [3.8, 4) is 0 Å². The molecule has 2 atom stereocenters. The van der Waals surface area contributed by atoms with Crippen LogP contribution in [0.3, 0.4) is 0 Å². The van der Waals surface area contributed by atoms with Crippen LogP contribution in [0.25, 0.3) is 0 Å². The maximum absolute atomic E-state index is 13.5. The lowest BCUT2D eigenvalue weighted by Gasteiger charge is -2.41. The van der Waals surface area contributed by atoms with Crippen LogP contribution < -0.4 is 4.90 Å². The number of rotatable bonds is 2. The van der Waals surface area contributed by atoms with Crippen molar-refractivity contribution in [2.24, 2.45) is 11.3 Å². The Morgan fingerprint density at radius 3 is 3.00 bits per heavy atom. The molecular formula is C18H24N4O2. The van der Waals surface area contributed by atoms with E-state index in [4.69, 9.17) is 4.74 Å². The number of fused-ring (bicyclic) bond motifs is 1. The summed E-state index contributed by atoms with van der Waals surface area (Å²) in [6.07, 6.45) is 7.50. The van der Waals surface area contributed by atoms with Gasteiger partial charge in [-0.1, -0.05) is 11.6 Å². The van der Waals surface area contributed by atoms with E-state index in [0.717, 1.165) is 32.5 Å². The summed E-state index contributed by atoms with van der Waals surface area (Å²) in [4.78, 5) is 26.4. The molecule has 1 aromatic rings. The van der Waals surface area contributed by atoms with Crippen LogP contribution in [0, 0.1) is 11.3 Å². The van der Waals surface area contributed by atoms with Gasteiger partial charge in [-0.05, 0) is 25.8 Å². The van der Waals surface area contributed by atoms with Crippen molar-refractivity contribution >= 4 is 11.9 Å². The Hall–Kier alpha value is -1.95. The molecule has 3 aliphatic heterocycles. The van der Waals surface area contributed by atoms with E-state index in [2.05, 4.69) is 27.9 Å². The maximum atomic E-state index is 13.5. The van der Waals surface area contributed by atoms with Crippen molar-refractivity contribution < 1.29 is 9.53 Å². The van der Waals surface area contributed by atoms with Gasteiger partial charge in [0.15, 0.2) is 0 Å². The van der Waals surface area contributed by atoms with Gasteiger partial charge in [0.2, 0.25) is 11.9 Å². The van der Waals surface area contributed by atoms with Crippen LogP contribution in [-0.2, 0) is 9.53 Å². The van der Waals surface area contributed by atoms with Gasteiger partial charge < -0.3 is 14.5 Å². The van der Waals surface area contributed by atoms with E-state index < -0.39 is 0 Å². The second-order valence-electron chi connectivity index (χ2n) is 7.17. The Balaban J connectivity index is 1.61. The Morgan fingerprint density at radius 1 is 1.38 bits per heavy atom. The van der Waals surface area contributed by atoms with E-state index in [1.54, 1.807) is 12.4 Å². The number of hydrogen-bond acceptors (Lipinski definition) is 5. The average molecular weight is 328 g/mol. The summed E-state index contributed by atoms with van der Waals surface area (Å²) in [6, 6.07) is 1.82. The fraction of sp³-hybridized carbons (Fsp3) is 0.611. The molecule has 0 radical (unpaired) electrons. The van der Waals surface area contributed by atoms with Crippen LogP contribution in [0.5, 0.6) is 0 Å². The minimum atomic E-state index is -0.352. The molecule has 4 heterocycles. The Kier molecular flexibility index (Phi) is 4.00. The number of ether oxygens (including phenoxy) is 1. The fourth-order valence-corrected chi connectivity index (χ4v) is 4.31. The Labute approximate surface area is 142 Å². The number of hydrogen-bond donors (Lipinski definition) is 0. The summed E-state index contributed by atoms with van der Waals surface area (Å²) in [5, 5.41) is 0. The molecule has 128 valence electrons. The predicted molar refractivity (Wildman–Crippen MR) is 90.6 cm³/mol. The number of carbonyl (C=O) groups is 1. The van der Waals surface area contributed by atoms with Crippen LogP contribution in [0.4, 0.5) is 5.95 Å². The number of carbonyl (C=O) groups excluding carboxylic acids is 1. The Bertz CT molecular complexity index is 648. The lowest BCUT2D eigenvalue weighted by molar-refractivity contribution is -0.150. The van der Waals surface area contributed by atoms with Gasteiger partial charge in [0.1, 0.15) is 0 Å². The molecule has 6 heteroatoms. The Morgan fingerprint density at radius 2 is 2.21 bits per heavy atom. The molecule has 6 nitrogen and oxygen atoms in total. The predicted octanol–water partition coefficient (Wildman–Crippen LogP) is 1.50. The zero-order valence-electron chi connectivity index (χ0n) is 14.1. The summed E-state index contributed by atoms with van der Waals surface area (Å²) in [5.41, 5.74) is 0.936.